The summed E-state index contributed by atoms with van der Waals surface area (Å²) >= 11 is 0. The summed E-state index contributed by atoms with van der Waals surface area (Å²) in [7, 11) is 0. The fourth-order valence-electron chi connectivity index (χ4n) is 2.51. The van der Waals surface area contributed by atoms with Crippen LogP contribution in [0.4, 0.5) is 5.69 Å². The maximum absolute atomic E-state index is 12.5. The van der Waals surface area contributed by atoms with E-state index in [9.17, 15) is 4.79 Å². The Hall–Kier alpha value is -1.51. The summed E-state index contributed by atoms with van der Waals surface area (Å²) in [5, 5.41) is 3.34. The van der Waals surface area contributed by atoms with Crippen LogP contribution in [-0.2, 0) is 11.2 Å². The predicted molar refractivity (Wildman–Crippen MR) is 74.7 cm³/mol. The van der Waals surface area contributed by atoms with Gasteiger partial charge in [-0.05, 0) is 31.9 Å². The van der Waals surface area contributed by atoms with Crippen molar-refractivity contribution < 1.29 is 4.79 Å². The Labute approximate surface area is 109 Å². The first-order valence-electron chi connectivity index (χ1n) is 6.78. The van der Waals surface area contributed by atoms with Gasteiger partial charge >= 0.3 is 0 Å². The third kappa shape index (κ3) is 2.50. The minimum Gasteiger partial charge on any atom is -0.373 e. The van der Waals surface area contributed by atoms with Crippen LogP contribution in [0.15, 0.2) is 24.3 Å². The van der Waals surface area contributed by atoms with Gasteiger partial charge in [0.15, 0.2) is 0 Å². The van der Waals surface area contributed by atoms with Gasteiger partial charge in [0.1, 0.15) is 6.04 Å². The fourth-order valence-corrected chi connectivity index (χ4v) is 2.51. The van der Waals surface area contributed by atoms with E-state index in [-0.39, 0.29) is 18.0 Å². The molecule has 0 spiro atoms. The van der Waals surface area contributed by atoms with E-state index in [1.165, 1.54) is 5.56 Å². The van der Waals surface area contributed by atoms with Crippen molar-refractivity contribution in [2.24, 2.45) is 0 Å². The Balaban J connectivity index is 2.08. The molecule has 0 saturated carbocycles. The van der Waals surface area contributed by atoms with Gasteiger partial charge in [0.25, 0.3) is 0 Å². The zero-order valence-electron chi connectivity index (χ0n) is 11.4. The Bertz CT molecular complexity index is 403. The minimum absolute atomic E-state index is 0.0867. The van der Waals surface area contributed by atoms with E-state index in [2.05, 4.69) is 32.2 Å². The van der Waals surface area contributed by atoms with Crippen LogP contribution in [0.5, 0.6) is 0 Å². The number of anilines is 1. The minimum atomic E-state index is -0.0867. The molecule has 1 aliphatic heterocycles. The average molecular weight is 246 g/mol. The lowest BCUT2D eigenvalue weighted by molar-refractivity contribution is -0.133. The van der Waals surface area contributed by atoms with Crippen molar-refractivity contribution in [1.29, 1.82) is 0 Å². The molecular formula is C15H22N2O. The molecule has 1 aliphatic rings. The molecule has 98 valence electrons. The van der Waals surface area contributed by atoms with Gasteiger partial charge in [-0.15, -0.1) is 0 Å². The zero-order chi connectivity index (χ0) is 13.1. The molecule has 1 N–H and O–H groups in total. The molecular weight excluding hydrogens is 224 g/mol. The van der Waals surface area contributed by atoms with E-state index in [1.54, 1.807) is 0 Å². The van der Waals surface area contributed by atoms with Gasteiger partial charge < -0.3 is 10.2 Å². The number of amides is 1. The van der Waals surface area contributed by atoms with Crippen molar-refractivity contribution in [3.8, 4) is 0 Å². The molecule has 0 saturated heterocycles. The molecule has 1 aromatic rings. The number of hydrogen-bond donors (Lipinski definition) is 1. The summed E-state index contributed by atoms with van der Waals surface area (Å²) in [4.78, 5) is 14.5. The molecule has 1 atom stereocenters. The Morgan fingerprint density at radius 1 is 1.44 bits per heavy atom. The highest BCUT2D eigenvalue weighted by Gasteiger charge is 2.30. The molecule has 0 bridgehead atoms. The van der Waals surface area contributed by atoms with Crippen molar-refractivity contribution >= 4 is 11.6 Å². The zero-order valence-corrected chi connectivity index (χ0v) is 11.4. The first-order chi connectivity index (χ1) is 8.63. The molecule has 0 unspecified atom stereocenters. The first-order valence-corrected chi connectivity index (χ1v) is 6.78. The van der Waals surface area contributed by atoms with Crippen LogP contribution in [-0.4, -0.2) is 29.4 Å². The van der Waals surface area contributed by atoms with Gasteiger partial charge in [0.2, 0.25) is 5.91 Å². The standard InChI is InChI=1S/C15H22N2O/c1-4-9-17(11(2)3)15(18)14-10-12-7-5-6-8-13(12)16-14/h5-8,11,14,16H,4,9-10H2,1-3H3/t14-/m0/s1. The van der Waals surface area contributed by atoms with Crippen molar-refractivity contribution in [3.63, 3.8) is 0 Å². The van der Waals surface area contributed by atoms with Crippen LogP contribution in [0, 0.1) is 0 Å². The van der Waals surface area contributed by atoms with Gasteiger partial charge in [0, 0.05) is 24.7 Å². The second-order valence-electron chi connectivity index (χ2n) is 5.18. The molecule has 2 rings (SSSR count). The van der Waals surface area contributed by atoms with Gasteiger partial charge in [-0.3, -0.25) is 4.79 Å². The highest BCUT2D eigenvalue weighted by atomic mass is 16.2. The van der Waals surface area contributed by atoms with Crippen LogP contribution >= 0.6 is 0 Å². The summed E-state index contributed by atoms with van der Waals surface area (Å²) in [6.07, 6.45) is 1.81. The van der Waals surface area contributed by atoms with Gasteiger partial charge in [-0.2, -0.15) is 0 Å². The highest BCUT2D eigenvalue weighted by molar-refractivity contribution is 5.87. The molecule has 0 radical (unpaired) electrons. The second-order valence-corrected chi connectivity index (χ2v) is 5.18. The Kier molecular flexibility index (Phi) is 3.90. The predicted octanol–water partition coefficient (Wildman–Crippen LogP) is 2.67. The molecule has 0 fully saturated rings. The summed E-state index contributed by atoms with van der Waals surface area (Å²) in [6.45, 7) is 7.11. The number of carbonyl (C=O) groups excluding carboxylic acids is 1. The van der Waals surface area contributed by atoms with E-state index in [1.807, 2.05) is 23.1 Å². The number of nitrogens with zero attached hydrogens (tertiary/aromatic N) is 1. The highest BCUT2D eigenvalue weighted by Crippen LogP contribution is 2.26. The normalized spacial score (nSPS) is 17.4. The monoisotopic (exact) mass is 246 g/mol. The molecule has 3 nitrogen and oxygen atoms in total. The summed E-state index contributed by atoms with van der Waals surface area (Å²) < 4.78 is 0. The van der Waals surface area contributed by atoms with E-state index in [0.29, 0.717) is 0 Å². The molecule has 1 heterocycles. The quantitative estimate of drug-likeness (QED) is 0.886. The fraction of sp³-hybridized carbons (Fsp3) is 0.533. The van der Waals surface area contributed by atoms with Gasteiger partial charge in [-0.1, -0.05) is 25.1 Å². The molecule has 18 heavy (non-hydrogen) atoms. The van der Waals surface area contributed by atoms with Crippen molar-refractivity contribution in [2.45, 2.75) is 45.7 Å². The molecule has 0 aliphatic carbocycles. The van der Waals surface area contributed by atoms with Crippen molar-refractivity contribution in [1.82, 2.24) is 4.90 Å². The maximum atomic E-state index is 12.5. The largest absolute Gasteiger partial charge is 0.373 e. The smallest absolute Gasteiger partial charge is 0.245 e. The topological polar surface area (TPSA) is 32.3 Å². The van der Waals surface area contributed by atoms with Crippen LogP contribution in [0.3, 0.4) is 0 Å². The number of benzene rings is 1. The van der Waals surface area contributed by atoms with E-state index < -0.39 is 0 Å². The number of fused-ring (bicyclic) bond motifs is 1. The summed E-state index contributed by atoms with van der Waals surface area (Å²) in [5.74, 6) is 0.225. The average Bonchev–Trinajstić information content (AvgIpc) is 2.78. The third-order valence-electron chi connectivity index (χ3n) is 3.44. The lowest BCUT2D eigenvalue weighted by Crippen LogP contribution is -2.45. The summed E-state index contributed by atoms with van der Waals surface area (Å²) in [6, 6.07) is 8.35. The summed E-state index contributed by atoms with van der Waals surface area (Å²) in [5.41, 5.74) is 2.35. The third-order valence-corrected chi connectivity index (χ3v) is 3.44. The van der Waals surface area contributed by atoms with Crippen molar-refractivity contribution in [2.75, 3.05) is 11.9 Å². The maximum Gasteiger partial charge on any atom is 0.245 e. The van der Waals surface area contributed by atoms with Crippen molar-refractivity contribution in [3.05, 3.63) is 29.8 Å². The van der Waals surface area contributed by atoms with E-state index >= 15 is 0 Å². The van der Waals surface area contributed by atoms with Crippen LogP contribution in [0.2, 0.25) is 0 Å². The molecule has 1 aromatic carbocycles. The molecule has 3 heteroatoms. The lowest BCUT2D eigenvalue weighted by atomic mass is 10.1. The second kappa shape index (κ2) is 5.42. The van der Waals surface area contributed by atoms with E-state index in [4.69, 9.17) is 0 Å². The Morgan fingerprint density at radius 2 is 2.17 bits per heavy atom. The van der Waals surface area contributed by atoms with Crippen LogP contribution in [0.1, 0.15) is 32.8 Å². The number of carbonyl (C=O) groups is 1. The van der Waals surface area contributed by atoms with E-state index in [0.717, 1.165) is 25.1 Å². The number of rotatable bonds is 4. The van der Waals surface area contributed by atoms with Crippen LogP contribution < -0.4 is 5.32 Å². The Morgan fingerprint density at radius 3 is 2.78 bits per heavy atom. The number of nitrogens with one attached hydrogen (secondary N) is 1. The lowest BCUT2D eigenvalue weighted by Gasteiger charge is -2.29. The SMILES string of the molecule is CCCN(C(=O)[C@@H]1Cc2ccccc2N1)C(C)C. The molecule has 0 aromatic heterocycles. The molecule has 1 amide bonds. The van der Waals surface area contributed by atoms with Gasteiger partial charge in [-0.25, -0.2) is 0 Å². The number of para-hydroxylation sites is 1. The first kappa shape index (κ1) is 12.9. The number of hydrogen-bond acceptors (Lipinski definition) is 2. The van der Waals surface area contributed by atoms with Crippen LogP contribution in [0.25, 0.3) is 0 Å². The van der Waals surface area contributed by atoms with Gasteiger partial charge in [0.05, 0.1) is 0 Å².